The Balaban J connectivity index is 1.42. The molecular weight excluding hydrogens is 456 g/mol. The highest BCUT2D eigenvalue weighted by atomic mass is 16.5. The lowest BCUT2D eigenvalue weighted by atomic mass is 10.0. The minimum Gasteiger partial charge on any atom is -0.497 e. The zero-order valence-electron chi connectivity index (χ0n) is 20.4. The van der Waals surface area contributed by atoms with Gasteiger partial charge in [0.1, 0.15) is 18.1 Å². The predicted octanol–water partition coefficient (Wildman–Crippen LogP) is 3.60. The van der Waals surface area contributed by atoms with Crippen LogP contribution in [-0.2, 0) is 19.5 Å². The van der Waals surface area contributed by atoms with Crippen molar-refractivity contribution in [2.45, 2.75) is 38.4 Å². The van der Waals surface area contributed by atoms with Crippen LogP contribution in [0.3, 0.4) is 0 Å². The molecule has 0 bridgehead atoms. The summed E-state index contributed by atoms with van der Waals surface area (Å²) < 4.78 is 12.9. The number of hydrogen-bond acceptors (Lipinski definition) is 5. The molecule has 2 aliphatic rings. The maximum Gasteiger partial charge on any atom is 0.272 e. The Morgan fingerprint density at radius 1 is 1.17 bits per heavy atom. The summed E-state index contributed by atoms with van der Waals surface area (Å²) in [5.74, 6) is 1.12. The summed E-state index contributed by atoms with van der Waals surface area (Å²) in [4.78, 5) is 28.2. The molecule has 0 unspecified atom stereocenters. The van der Waals surface area contributed by atoms with E-state index in [1.165, 1.54) is 0 Å². The summed E-state index contributed by atoms with van der Waals surface area (Å²) >= 11 is 0. The van der Waals surface area contributed by atoms with Crippen molar-refractivity contribution in [1.29, 1.82) is 0 Å². The van der Waals surface area contributed by atoms with Crippen molar-refractivity contribution >= 4 is 11.8 Å². The summed E-state index contributed by atoms with van der Waals surface area (Å²) in [6.07, 6.45) is 4.26. The third kappa shape index (κ3) is 5.12. The number of carbonyl (C=O) groups is 2. The molecule has 0 radical (unpaired) electrons. The highest BCUT2D eigenvalue weighted by molar-refractivity contribution is 5.96. The van der Waals surface area contributed by atoms with E-state index in [-0.39, 0.29) is 17.9 Å². The average molecular weight is 487 g/mol. The van der Waals surface area contributed by atoms with Gasteiger partial charge in [0.15, 0.2) is 5.69 Å². The van der Waals surface area contributed by atoms with Gasteiger partial charge in [-0.05, 0) is 48.7 Å². The maximum atomic E-state index is 13.4. The van der Waals surface area contributed by atoms with Gasteiger partial charge in [0.2, 0.25) is 0 Å². The van der Waals surface area contributed by atoms with E-state index < -0.39 is 0 Å². The Labute approximate surface area is 210 Å². The lowest BCUT2D eigenvalue weighted by molar-refractivity contribution is 0.0730. The van der Waals surface area contributed by atoms with Crippen molar-refractivity contribution in [1.82, 2.24) is 20.0 Å². The largest absolute Gasteiger partial charge is 0.497 e. The summed E-state index contributed by atoms with van der Waals surface area (Å²) in [5, 5.41) is 7.79. The van der Waals surface area contributed by atoms with Gasteiger partial charge in [0, 0.05) is 35.8 Å². The summed E-state index contributed by atoms with van der Waals surface area (Å²) in [6, 6.07) is 15.2. The summed E-state index contributed by atoms with van der Waals surface area (Å²) in [6.45, 7) is 5.42. The Kier molecular flexibility index (Phi) is 6.75. The second-order valence-corrected chi connectivity index (χ2v) is 9.13. The molecule has 1 aliphatic heterocycles. The average Bonchev–Trinajstić information content (AvgIpc) is 3.66. The maximum absolute atomic E-state index is 13.4. The number of rotatable bonds is 9. The molecule has 3 aromatic rings. The second-order valence-electron chi connectivity index (χ2n) is 9.13. The third-order valence-corrected chi connectivity index (χ3v) is 6.46. The van der Waals surface area contributed by atoms with Crippen LogP contribution in [-0.4, -0.2) is 52.8 Å². The highest BCUT2D eigenvalue weighted by Crippen LogP contribution is 2.27. The molecular formula is C28H30N4O4. The first-order chi connectivity index (χ1) is 17.6. The number of amides is 2. The third-order valence-electron chi connectivity index (χ3n) is 6.46. The van der Waals surface area contributed by atoms with E-state index in [1.807, 2.05) is 41.1 Å². The van der Waals surface area contributed by atoms with Crippen molar-refractivity contribution in [2.75, 3.05) is 20.3 Å². The summed E-state index contributed by atoms with van der Waals surface area (Å²) in [5.41, 5.74) is 3.79. The SMILES string of the molecule is C=CCOc1cccc(C(=O)N2CCc3c(c(C(=O)NC4CC4)nn3Cc3cccc(OC)c3)C2)c1. The van der Waals surface area contributed by atoms with Gasteiger partial charge in [0.05, 0.1) is 20.2 Å². The molecule has 8 heteroatoms. The Morgan fingerprint density at radius 2 is 1.97 bits per heavy atom. The second kappa shape index (κ2) is 10.3. The molecule has 2 aromatic carbocycles. The first kappa shape index (κ1) is 23.7. The normalized spacial score (nSPS) is 14.6. The number of nitrogens with one attached hydrogen (secondary N) is 1. The van der Waals surface area contributed by atoms with Crippen LogP contribution in [0.2, 0.25) is 0 Å². The molecule has 8 nitrogen and oxygen atoms in total. The molecule has 1 fully saturated rings. The molecule has 36 heavy (non-hydrogen) atoms. The van der Waals surface area contributed by atoms with Gasteiger partial charge in [-0.15, -0.1) is 0 Å². The Morgan fingerprint density at radius 3 is 2.75 bits per heavy atom. The van der Waals surface area contributed by atoms with Crippen molar-refractivity contribution in [3.63, 3.8) is 0 Å². The molecule has 2 amide bonds. The number of carbonyl (C=O) groups excluding carboxylic acids is 2. The highest BCUT2D eigenvalue weighted by Gasteiger charge is 2.32. The van der Waals surface area contributed by atoms with Crippen LogP contribution in [0.15, 0.2) is 61.2 Å². The molecule has 186 valence electrons. The van der Waals surface area contributed by atoms with Gasteiger partial charge in [-0.25, -0.2) is 0 Å². The number of aromatic nitrogens is 2. The monoisotopic (exact) mass is 486 g/mol. The molecule has 1 saturated carbocycles. The standard InChI is InChI=1S/C28H30N4O4/c1-3-14-36-23-9-5-7-20(16-23)28(34)31-13-12-25-24(18-31)26(27(33)29-21-10-11-21)30-32(25)17-19-6-4-8-22(15-19)35-2/h3-9,15-16,21H,1,10-14,17-18H2,2H3,(H,29,33). The van der Waals surface area contributed by atoms with Gasteiger partial charge in [0.25, 0.3) is 11.8 Å². The zero-order valence-corrected chi connectivity index (χ0v) is 20.4. The van der Waals surface area contributed by atoms with Crippen molar-refractivity contribution in [2.24, 2.45) is 0 Å². The zero-order chi connectivity index (χ0) is 25.1. The number of nitrogens with zero attached hydrogens (tertiary/aromatic N) is 3. The van der Waals surface area contributed by atoms with E-state index in [4.69, 9.17) is 14.6 Å². The van der Waals surface area contributed by atoms with E-state index in [0.29, 0.717) is 49.7 Å². The minimum absolute atomic E-state index is 0.0983. The summed E-state index contributed by atoms with van der Waals surface area (Å²) in [7, 11) is 1.64. The topological polar surface area (TPSA) is 85.7 Å². The van der Waals surface area contributed by atoms with Crippen molar-refractivity contribution in [3.8, 4) is 11.5 Å². The quantitative estimate of drug-likeness (QED) is 0.467. The van der Waals surface area contributed by atoms with Crippen LogP contribution in [0, 0.1) is 0 Å². The van der Waals surface area contributed by atoms with Gasteiger partial charge >= 0.3 is 0 Å². The van der Waals surface area contributed by atoms with Crippen LogP contribution >= 0.6 is 0 Å². The molecule has 0 saturated heterocycles. The fourth-order valence-electron chi connectivity index (χ4n) is 4.46. The molecule has 5 rings (SSSR count). The number of ether oxygens (including phenoxy) is 2. The fraction of sp³-hybridized carbons (Fsp3) is 0.321. The Bertz CT molecular complexity index is 1290. The smallest absolute Gasteiger partial charge is 0.272 e. The van der Waals surface area contributed by atoms with Crippen LogP contribution in [0.5, 0.6) is 11.5 Å². The fourth-order valence-corrected chi connectivity index (χ4v) is 4.46. The molecule has 1 N–H and O–H groups in total. The van der Waals surface area contributed by atoms with Crippen LogP contribution < -0.4 is 14.8 Å². The van der Waals surface area contributed by atoms with Crippen LogP contribution in [0.4, 0.5) is 0 Å². The lowest BCUT2D eigenvalue weighted by Crippen LogP contribution is -2.37. The Hall–Kier alpha value is -4.07. The van der Waals surface area contributed by atoms with E-state index in [9.17, 15) is 9.59 Å². The molecule has 1 aromatic heterocycles. The van der Waals surface area contributed by atoms with E-state index >= 15 is 0 Å². The van der Waals surface area contributed by atoms with Gasteiger partial charge in [-0.3, -0.25) is 14.3 Å². The lowest BCUT2D eigenvalue weighted by Gasteiger charge is -2.28. The van der Waals surface area contributed by atoms with E-state index in [0.717, 1.165) is 35.4 Å². The molecule has 0 spiro atoms. The van der Waals surface area contributed by atoms with E-state index in [1.54, 1.807) is 30.2 Å². The molecule has 2 heterocycles. The van der Waals surface area contributed by atoms with Crippen LogP contribution in [0.1, 0.15) is 50.5 Å². The van der Waals surface area contributed by atoms with Gasteiger partial charge < -0.3 is 19.7 Å². The predicted molar refractivity (Wildman–Crippen MR) is 135 cm³/mol. The number of fused-ring (bicyclic) bond motifs is 1. The van der Waals surface area contributed by atoms with Crippen molar-refractivity contribution < 1.29 is 19.1 Å². The first-order valence-corrected chi connectivity index (χ1v) is 12.2. The van der Waals surface area contributed by atoms with Crippen molar-refractivity contribution in [3.05, 3.63) is 89.3 Å². The number of hydrogen-bond donors (Lipinski definition) is 1. The van der Waals surface area contributed by atoms with Crippen LogP contribution in [0.25, 0.3) is 0 Å². The molecule has 0 atom stereocenters. The first-order valence-electron chi connectivity index (χ1n) is 12.2. The molecule has 1 aliphatic carbocycles. The number of benzene rings is 2. The minimum atomic E-state index is -0.174. The van der Waals surface area contributed by atoms with E-state index in [2.05, 4.69) is 11.9 Å². The van der Waals surface area contributed by atoms with Gasteiger partial charge in [-0.1, -0.05) is 30.9 Å². The van der Waals surface area contributed by atoms with Gasteiger partial charge in [-0.2, -0.15) is 5.10 Å². The number of methoxy groups -OCH3 is 1.